The number of ether oxygens (including phenoxy) is 1. The first kappa shape index (κ1) is 10.9. The second-order valence-corrected chi connectivity index (χ2v) is 3.37. The van der Waals surface area contributed by atoms with Crippen LogP contribution in [0.4, 0.5) is 0 Å². The smallest absolute Gasteiger partial charge is 0.307 e. The molecule has 0 fully saturated rings. The normalized spacial score (nSPS) is 9.93. The van der Waals surface area contributed by atoms with Crippen molar-refractivity contribution >= 4 is 17.6 Å². The number of carbonyl (C=O) groups is 1. The molecule has 3 nitrogen and oxygen atoms in total. The highest BCUT2D eigenvalue weighted by molar-refractivity contribution is 6.31. The quantitative estimate of drug-likeness (QED) is 0.840. The zero-order valence-corrected chi connectivity index (χ0v) is 8.76. The van der Waals surface area contributed by atoms with Gasteiger partial charge in [0, 0.05) is 5.02 Å². The first-order chi connectivity index (χ1) is 6.54. The molecule has 1 aromatic rings. The maximum atomic E-state index is 10.5. The minimum absolute atomic E-state index is 0.0389. The molecule has 0 bridgehead atoms. The molecule has 4 heteroatoms. The van der Waals surface area contributed by atoms with Gasteiger partial charge in [-0.2, -0.15) is 0 Å². The fraction of sp³-hybridized carbons (Fsp3) is 0.300. The number of carboxylic acids is 1. The lowest BCUT2D eigenvalue weighted by Crippen LogP contribution is -2.02. The van der Waals surface area contributed by atoms with Crippen LogP contribution in [-0.2, 0) is 11.2 Å². The highest BCUT2D eigenvalue weighted by Crippen LogP contribution is 2.26. The lowest BCUT2D eigenvalue weighted by atomic mass is 10.1. The fourth-order valence-electron chi connectivity index (χ4n) is 1.17. The SMILES string of the molecule is COc1cc(Cl)c(C)c(CC(=O)O)c1. The summed E-state index contributed by atoms with van der Waals surface area (Å²) >= 11 is 5.91. The van der Waals surface area contributed by atoms with Gasteiger partial charge in [0.15, 0.2) is 0 Å². The predicted molar refractivity (Wildman–Crippen MR) is 54.1 cm³/mol. The first-order valence-corrected chi connectivity index (χ1v) is 4.47. The standard InChI is InChI=1S/C10H11ClO3/c1-6-7(4-10(12)13)3-8(14-2)5-9(6)11/h3,5H,4H2,1-2H3,(H,12,13). The molecule has 0 unspecified atom stereocenters. The minimum atomic E-state index is -0.877. The molecule has 1 aromatic carbocycles. The van der Waals surface area contributed by atoms with Crippen LogP contribution in [0.2, 0.25) is 5.02 Å². The summed E-state index contributed by atoms with van der Waals surface area (Å²) < 4.78 is 4.99. The highest BCUT2D eigenvalue weighted by Gasteiger charge is 2.09. The van der Waals surface area contributed by atoms with Crippen LogP contribution in [0.5, 0.6) is 5.75 Å². The lowest BCUT2D eigenvalue weighted by molar-refractivity contribution is -0.136. The van der Waals surface area contributed by atoms with Crippen LogP contribution in [0, 0.1) is 6.92 Å². The molecule has 0 atom stereocenters. The van der Waals surface area contributed by atoms with Crippen molar-refractivity contribution in [1.82, 2.24) is 0 Å². The molecule has 0 spiro atoms. The zero-order valence-electron chi connectivity index (χ0n) is 8.00. The molecule has 0 saturated heterocycles. The van der Waals surface area contributed by atoms with Gasteiger partial charge >= 0.3 is 5.97 Å². The Morgan fingerprint density at radius 1 is 1.57 bits per heavy atom. The van der Waals surface area contributed by atoms with Crippen LogP contribution >= 0.6 is 11.6 Å². The van der Waals surface area contributed by atoms with E-state index < -0.39 is 5.97 Å². The van der Waals surface area contributed by atoms with E-state index in [0.717, 1.165) is 5.56 Å². The summed E-state index contributed by atoms with van der Waals surface area (Å²) in [6, 6.07) is 3.36. The van der Waals surface area contributed by atoms with Crippen LogP contribution < -0.4 is 4.74 Å². The largest absolute Gasteiger partial charge is 0.497 e. The van der Waals surface area contributed by atoms with Crippen molar-refractivity contribution in [2.75, 3.05) is 7.11 Å². The van der Waals surface area contributed by atoms with Crippen molar-refractivity contribution in [3.05, 3.63) is 28.3 Å². The lowest BCUT2D eigenvalue weighted by Gasteiger charge is -2.08. The van der Waals surface area contributed by atoms with Crippen molar-refractivity contribution in [1.29, 1.82) is 0 Å². The third-order valence-electron chi connectivity index (χ3n) is 2.00. The van der Waals surface area contributed by atoms with Crippen molar-refractivity contribution < 1.29 is 14.6 Å². The Hall–Kier alpha value is -1.22. The molecule has 1 N–H and O–H groups in total. The van der Waals surface area contributed by atoms with Gasteiger partial charge in [0.05, 0.1) is 13.5 Å². The Morgan fingerprint density at radius 3 is 2.71 bits per heavy atom. The third-order valence-corrected chi connectivity index (χ3v) is 2.40. The number of carboxylic acid groups (broad SMARTS) is 1. The van der Waals surface area contributed by atoms with Gasteiger partial charge in [-0.3, -0.25) is 4.79 Å². The summed E-state index contributed by atoms with van der Waals surface area (Å²) in [4.78, 5) is 10.5. The predicted octanol–water partition coefficient (Wildman–Crippen LogP) is 2.28. The maximum absolute atomic E-state index is 10.5. The van der Waals surface area contributed by atoms with Crippen LogP contribution in [0.15, 0.2) is 12.1 Å². The van der Waals surface area contributed by atoms with E-state index in [-0.39, 0.29) is 6.42 Å². The summed E-state index contributed by atoms with van der Waals surface area (Å²) in [6.07, 6.45) is -0.0389. The Morgan fingerprint density at radius 2 is 2.21 bits per heavy atom. The van der Waals surface area contributed by atoms with Gasteiger partial charge in [-0.05, 0) is 30.2 Å². The molecule has 76 valence electrons. The molecule has 0 radical (unpaired) electrons. The third kappa shape index (κ3) is 2.39. The number of rotatable bonds is 3. The molecular weight excluding hydrogens is 204 g/mol. The number of benzene rings is 1. The van der Waals surface area contributed by atoms with E-state index in [0.29, 0.717) is 16.3 Å². The topological polar surface area (TPSA) is 46.5 Å². The summed E-state index contributed by atoms with van der Waals surface area (Å²) in [5.41, 5.74) is 1.47. The molecule has 0 aliphatic carbocycles. The van der Waals surface area contributed by atoms with Crippen LogP contribution in [0.25, 0.3) is 0 Å². The van der Waals surface area contributed by atoms with E-state index in [1.807, 2.05) is 0 Å². The second kappa shape index (κ2) is 4.33. The Bertz CT molecular complexity index is 361. The molecule has 14 heavy (non-hydrogen) atoms. The highest BCUT2D eigenvalue weighted by atomic mass is 35.5. The van der Waals surface area contributed by atoms with Crippen molar-refractivity contribution in [2.24, 2.45) is 0 Å². The molecule has 0 heterocycles. The molecule has 0 aromatic heterocycles. The van der Waals surface area contributed by atoms with Crippen molar-refractivity contribution in [3.63, 3.8) is 0 Å². The summed E-state index contributed by atoms with van der Waals surface area (Å²) in [7, 11) is 1.52. The number of aliphatic carboxylic acids is 1. The van der Waals surface area contributed by atoms with Crippen LogP contribution in [0.1, 0.15) is 11.1 Å². The summed E-state index contributed by atoms with van der Waals surface area (Å²) in [5, 5.41) is 9.19. The van der Waals surface area contributed by atoms with E-state index in [9.17, 15) is 4.79 Å². The fourth-order valence-corrected chi connectivity index (χ4v) is 1.40. The van der Waals surface area contributed by atoms with Gasteiger partial charge < -0.3 is 9.84 Å². The van der Waals surface area contributed by atoms with Gasteiger partial charge in [0.2, 0.25) is 0 Å². The van der Waals surface area contributed by atoms with E-state index in [2.05, 4.69) is 0 Å². The minimum Gasteiger partial charge on any atom is -0.497 e. The summed E-state index contributed by atoms with van der Waals surface area (Å²) in [6.45, 7) is 1.79. The average Bonchev–Trinajstić information content (AvgIpc) is 2.11. The van der Waals surface area contributed by atoms with Gasteiger partial charge in [0.1, 0.15) is 5.75 Å². The van der Waals surface area contributed by atoms with Gasteiger partial charge in [-0.25, -0.2) is 0 Å². The molecular formula is C10H11ClO3. The second-order valence-electron chi connectivity index (χ2n) is 2.96. The van der Waals surface area contributed by atoms with E-state index in [1.54, 1.807) is 19.1 Å². The Kier molecular flexibility index (Phi) is 3.36. The molecule has 0 aliphatic heterocycles. The van der Waals surface area contributed by atoms with Crippen molar-refractivity contribution in [2.45, 2.75) is 13.3 Å². The zero-order chi connectivity index (χ0) is 10.7. The van der Waals surface area contributed by atoms with E-state index in [4.69, 9.17) is 21.4 Å². The number of hydrogen-bond acceptors (Lipinski definition) is 2. The summed E-state index contributed by atoms with van der Waals surface area (Å²) in [5.74, 6) is -0.297. The van der Waals surface area contributed by atoms with Crippen LogP contribution in [0.3, 0.4) is 0 Å². The monoisotopic (exact) mass is 214 g/mol. The van der Waals surface area contributed by atoms with Gasteiger partial charge in [0.25, 0.3) is 0 Å². The molecule has 1 rings (SSSR count). The van der Waals surface area contributed by atoms with Gasteiger partial charge in [-0.15, -0.1) is 0 Å². The number of methoxy groups -OCH3 is 1. The Balaban J connectivity index is 3.13. The Labute approximate surface area is 87.3 Å². The molecule has 0 saturated carbocycles. The number of hydrogen-bond donors (Lipinski definition) is 1. The van der Waals surface area contributed by atoms with Gasteiger partial charge in [-0.1, -0.05) is 11.6 Å². The van der Waals surface area contributed by atoms with E-state index in [1.165, 1.54) is 7.11 Å². The van der Waals surface area contributed by atoms with E-state index >= 15 is 0 Å². The van der Waals surface area contributed by atoms with Crippen molar-refractivity contribution in [3.8, 4) is 5.75 Å². The maximum Gasteiger partial charge on any atom is 0.307 e. The first-order valence-electron chi connectivity index (χ1n) is 4.09. The molecule has 0 amide bonds. The van der Waals surface area contributed by atoms with Crippen LogP contribution in [-0.4, -0.2) is 18.2 Å². The number of halogens is 1. The average molecular weight is 215 g/mol. The molecule has 0 aliphatic rings.